The first-order valence-electron chi connectivity index (χ1n) is 2.56. The second-order valence-corrected chi connectivity index (χ2v) is 1.71. The molecule has 0 N–H and O–H groups in total. The van der Waals surface area contributed by atoms with Crippen molar-refractivity contribution in [3.63, 3.8) is 0 Å². The SMILES string of the molecule is FC1=CC[CH]CC1. The van der Waals surface area contributed by atoms with E-state index in [1.807, 2.05) is 0 Å². The van der Waals surface area contributed by atoms with E-state index >= 15 is 0 Å². The molecule has 0 saturated heterocycles. The van der Waals surface area contributed by atoms with Crippen LogP contribution in [0.1, 0.15) is 19.3 Å². The number of allylic oxidation sites excluding steroid dienone is 2. The highest BCUT2D eigenvalue weighted by Crippen LogP contribution is 2.16. The smallest absolute Gasteiger partial charge is 0.0960 e. The second kappa shape index (κ2) is 2.10. The van der Waals surface area contributed by atoms with Gasteiger partial charge in [0.05, 0.1) is 5.83 Å². The van der Waals surface area contributed by atoms with Crippen LogP contribution in [0.3, 0.4) is 0 Å². The third-order valence-electron chi connectivity index (χ3n) is 1.09. The fraction of sp³-hybridized carbons (Fsp3) is 0.500. The van der Waals surface area contributed by atoms with Crippen LogP contribution < -0.4 is 0 Å². The topological polar surface area (TPSA) is 0 Å². The van der Waals surface area contributed by atoms with Crippen molar-refractivity contribution >= 4 is 0 Å². The fourth-order valence-corrected chi connectivity index (χ4v) is 0.671. The predicted molar refractivity (Wildman–Crippen MR) is 27.3 cm³/mol. The van der Waals surface area contributed by atoms with Crippen molar-refractivity contribution in [2.24, 2.45) is 0 Å². The quantitative estimate of drug-likeness (QED) is 0.437. The minimum absolute atomic E-state index is 0.0579. The molecule has 0 spiro atoms. The van der Waals surface area contributed by atoms with Gasteiger partial charge in [0.25, 0.3) is 0 Å². The minimum atomic E-state index is 0.0579. The van der Waals surface area contributed by atoms with Gasteiger partial charge in [-0.2, -0.15) is 0 Å². The Labute approximate surface area is 43.0 Å². The Morgan fingerprint density at radius 3 is 2.71 bits per heavy atom. The van der Waals surface area contributed by atoms with Gasteiger partial charge in [-0.25, -0.2) is 4.39 Å². The Morgan fingerprint density at radius 1 is 1.57 bits per heavy atom. The van der Waals surface area contributed by atoms with Crippen LogP contribution in [0.5, 0.6) is 0 Å². The molecule has 0 aliphatic heterocycles. The molecule has 0 heterocycles. The van der Waals surface area contributed by atoms with Gasteiger partial charge in [0.2, 0.25) is 0 Å². The first kappa shape index (κ1) is 4.82. The van der Waals surface area contributed by atoms with E-state index in [2.05, 4.69) is 6.42 Å². The third-order valence-corrected chi connectivity index (χ3v) is 1.09. The summed E-state index contributed by atoms with van der Waals surface area (Å²) in [5.41, 5.74) is 0. The summed E-state index contributed by atoms with van der Waals surface area (Å²) >= 11 is 0. The van der Waals surface area contributed by atoms with E-state index in [1.165, 1.54) is 0 Å². The number of rotatable bonds is 0. The highest BCUT2D eigenvalue weighted by molar-refractivity contribution is 5.00. The van der Waals surface area contributed by atoms with E-state index in [-0.39, 0.29) is 5.83 Å². The fourth-order valence-electron chi connectivity index (χ4n) is 0.671. The highest BCUT2D eigenvalue weighted by atomic mass is 19.1. The number of hydrogen-bond acceptors (Lipinski definition) is 0. The number of halogens is 1. The summed E-state index contributed by atoms with van der Waals surface area (Å²) < 4.78 is 12.0. The molecule has 0 nitrogen and oxygen atoms in total. The Hall–Kier alpha value is -0.330. The zero-order valence-electron chi connectivity index (χ0n) is 4.15. The Bertz CT molecular complexity index is 84.2. The van der Waals surface area contributed by atoms with Gasteiger partial charge in [0.1, 0.15) is 0 Å². The van der Waals surface area contributed by atoms with Crippen molar-refractivity contribution in [3.05, 3.63) is 18.3 Å². The van der Waals surface area contributed by atoms with Crippen molar-refractivity contribution in [2.45, 2.75) is 19.3 Å². The average Bonchev–Trinajstić information content (AvgIpc) is 1.69. The average molecular weight is 99.1 g/mol. The van der Waals surface area contributed by atoms with Gasteiger partial charge >= 0.3 is 0 Å². The van der Waals surface area contributed by atoms with Crippen molar-refractivity contribution in [3.8, 4) is 0 Å². The molecule has 0 aromatic rings. The Kier molecular flexibility index (Phi) is 1.45. The van der Waals surface area contributed by atoms with Gasteiger partial charge in [-0.05, 0) is 25.7 Å². The van der Waals surface area contributed by atoms with Crippen LogP contribution in [0.4, 0.5) is 4.39 Å². The Balaban J connectivity index is 2.40. The van der Waals surface area contributed by atoms with Gasteiger partial charge in [-0.15, -0.1) is 0 Å². The lowest BCUT2D eigenvalue weighted by atomic mass is 10.1. The maximum absolute atomic E-state index is 12.0. The van der Waals surface area contributed by atoms with Gasteiger partial charge in [-0.3, -0.25) is 0 Å². The summed E-state index contributed by atoms with van der Waals surface area (Å²) in [6, 6.07) is 0. The second-order valence-electron chi connectivity index (χ2n) is 1.71. The van der Waals surface area contributed by atoms with E-state index < -0.39 is 0 Å². The largest absolute Gasteiger partial charge is 0.212 e. The maximum atomic E-state index is 12.0. The van der Waals surface area contributed by atoms with Gasteiger partial charge in [0.15, 0.2) is 0 Å². The molecule has 1 aliphatic rings. The minimum Gasteiger partial charge on any atom is -0.212 e. The molecule has 39 valence electrons. The van der Waals surface area contributed by atoms with E-state index in [1.54, 1.807) is 6.08 Å². The van der Waals surface area contributed by atoms with Crippen molar-refractivity contribution in [1.29, 1.82) is 0 Å². The molecular formula is C6H8F. The van der Waals surface area contributed by atoms with Crippen LogP contribution in [0.25, 0.3) is 0 Å². The molecule has 1 radical (unpaired) electrons. The number of hydrogen-bond donors (Lipinski definition) is 0. The normalized spacial score (nSPS) is 21.6. The molecule has 7 heavy (non-hydrogen) atoms. The summed E-state index contributed by atoms with van der Waals surface area (Å²) in [5.74, 6) is 0.0579. The summed E-state index contributed by atoms with van der Waals surface area (Å²) in [4.78, 5) is 0. The van der Waals surface area contributed by atoms with Crippen LogP contribution in [-0.4, -0.2) is 0 Å². The van der Waals surface area contributed by atoms with Crippen molar-refractivity contribution in [2.75, 3.05) is 0 Å². The first-order chi connectivity index (χ1) is 3.39. The lowest BCUT2D eigenvalue weighted by Gasteiger charge is -2.01. The molecule has 0 saturated carbocycles. The summed E-state index contributed by atoms with van der Waals surface area (Å²) in [5, 5.41) is 0. The molecule has 0 aromatic heterocycles. The van der Waals surface area contributed by atoms with Gasteiger partial charge in [-0.1, -0.05) is 6.08 Å². The summed E-state index contributed by atoms with van der Waals surface area (Å²) in [6.45, 7) is 0. The van der Waals surface area contributed by atoms with E-state index in [0.717, 1.165) is 12.8 Å². The molecule has 0 aromatic carbocycles. The van der Waals surface area contributed by atoms with E-state index in [0.29, 0.717) is 6.42 Å². The molecule has 1 rings (SSSR count). The van der Waals surface area contributed by atoms with Crippen molar-refractivity contribution < 1.29 is 4.39 Å². The monoisotopic (exact) mass is 99.1 g/mol. The summed E-state index contributed by atoms with van der Waals surface area (Å²) in [6.07, 6.45) is 6.08. The van der Waals surface area contributed by atoms with Crippen molar-refractivity contribution in [1.82, 2.24) is 0 Å². The zero-order valence-corrected chi connectivity index (χ0v) is 4.15. The summed E-state index contributed by atoms with van der Waals surface area (Å²) in [7, 11) is 0. The van der Waals surface area contributed by atoms with Crippen LogP contribution >= 0.6 is 0 Å². The third kappa shape index (κ3) is 1.30. The lowest BCUT2D eigenvalue weighted by molar-refractivity contribution is 0.566. The predicted octanol–water partition coefficient (Wildman–Crippen LogP) is 2.23. The zero-order chi connectivity index (χ0) is 5.11. The van der Waals surface area contributed by atoms with E-state index in [4.69, 9.17) is 0 Å². The van der Waals surface area contributed by atoms with Crippen LogP contribution in [0, 0.1) is 6.42 Å². The molecule has 1 heteroatoms. The molecule has 0 amide bonds. The molecular weight excluding hydrogens is 91.1 g/mol. The van der Waals surface area contributed by atoms with Crippen LogP contribution in [0.15, 0.2) is 11.9 Å². The molecule has 0 bridgehead atoms. The standard InChI is InChI=1S/C6H8F/c7-6-4-2-1-3-5-6/h1,4H,2-3,5H2. The molecule has 0 fully saturated rings. The van der Waals surface area contributed by atoms with Crippen LogP contribution in [-0.2, 0) is 0 Å². The molecule has 0 unspecified atom stereocenters. The van der Waals surface area contributed by atoms with E-state index in [9.17, 15) is 4.39 Å². The molecule has 1 aliphatic carbocycles. The van der Waals surface area contributed by atoms with Gasteiger partial charge < -0.3 is 0 Å². The molecule has 0 atom stereocenters. The maximum Gasteiger partial charge on any atom is 0.0960 e. The van der Waals surface area contributed by atoms with Gasteiger partial charge in [0, 0.05) is 0 Å². The highest BCUT2D eigenvalue weighted by Gasteiger charge is 1.99. The Morgan fingerprint density at radius 2 is 2.43 bits per heavy atom. The lowest BCUT2D eigenvalue weighted by Crippen LogP contribution is -1.85. The van der Waals surface area contributed by atoms with Crippen LogP contribution in [0.2, 0.25) is 0 Å². The first-order valence-corrected chi connectivity index (χ1v) is 2.56.